The van der Waals surface area contributed by atoms with E-state index in [2.05, 4.69) is 0 Å². The summed E-state index contributed by atoms with van der Waals surface area (Å²) < 4.78 is 25.5. The molecule has 1 unspecified atom stereocenters. The highest BCUT2D eigenvalue weighted by atomic mass is 16.7. The zero-order valence-corrected chi connectivity index (χ0v) is 21.8. The number of aliphatic carboxylic acids is 1. The van der Waals surface area contributed by atoms with Gasteiger partial charge >= 0.3 is 24.2 Å². The quantitative estimate of drug-likeness (QED) is 0.235. The Balaban J connectivity index is 3.17. The molecule has 0 saturated heterocycles. The van der Waals surface area contributed by atoms with Crippen LogP contribution in [-0.4, -0.2) is 54.2 Å². The first-order valence-corrected chi connectivity index (χ1v) is 11.8. The van der Waals surface area contributed by atoms with E-state index in [0.717, 1.165) is 0 Å². The van der Waals surface area contributed by atoms with Crippen LogP contribution < -0.4 is 15.2 Å². The molecule has 0 spiro atoms. The largest absolute Gasteiger partial charge is 0.513 e. The molecule has 0 fully saturated rings. The predicted octanol–water partition coefficient (Wildman–Crippen LogP) is 4.23. The van der Waals surface area contributed by atoms with Crippen molar-refractivity contribution in [2.24, 2.45) is 11.1 Å². The summed E-state index contributed by atoms with van der Waals surface area (Å²) >= 11 is 0. The number of carboxylic acid groups (broad SMARTS) is 1. The molecule has 0 radical (unpaired) electrons. The molecule has 0 amide bonds. The number of carboxylic acids is 1. The Kier molecular flexibility index (Phi) is 11.7. The summed E-state index contributed by atoms with van der Waals surface area (Å²) in [5.74, 6) is -2.10. The van der Waals surface area contributed by atoms with Crippen molar-refractivity contribution in [1.29, 1.82) is 0 Å². The number of benzene rings is 1. The van der Waals surface area contributed by atoms with Crippen LogP contribution in [0.1, 0.15) is 66.4 Å². The van der Waals surface area contributed by atoms with Gasteiger partial charge in [-0.3, -0.25) is 9.59 Å². The Hall–Kier alpha value is -3.34. The number of rotatable bonds is 12. The summed E-state index contributed by atoms with van der Waals surface area (Å²) in [5.41, 5.74) is 4.00. The van der Waals surface area contributed by atoms with E-state index in [9.17, 15) is 24.3 Å². The molecule has 1 aromatic rings. The van der Waals surface area contributed by atoms with E-state index in [1.807, 2.05) is 6.92 Å². The van der Waals surface area contributed by atoms with E-state index in [1.54, 1.807) is 34.6 Å². The van der Waals surface area contributed by atoms with Crippen molar-refractivity contribution in [2.75, 3.05) is 13.2 Å². The molecule has 36 heavy (non-hydrogen) atoms. The standard InChI is InChI=1S/C25H37NO10/c1-7-11-32-22(30)35-18-10-9-17(13-19(18)36-23(31)33-12-8-2)15-25(26,20(27)28)14-16(3)34-21(29)24(4,5)6/h9-10,13,16H,7-8,11-12,14-15,26H2,1-6H3,(H,27,28)/t16-,25?/m0/s1. The number of ether oxygens (including phenoxy) is 5. The number of nitrogens with two attached hydrogens (primary N) is 1. The fraction of sp³-hybridized carbons (Fsp3) is 0.600. The first kappa shape index (κ1) is 30.7. The second kappa shape index (κ2) is 13.7. The minimum absolute atomic E-state index is 0.114. The molecule has 1 rings (SSSR count). The molecule has 1 aromatic carbocycles. The van der Waals surface area contributed by atoms with Crippen LogP contribution in [0.5, 0.6) is 11.5 Å². The molecule has 2 atom stereocenters. The van der Waals surface area contributed by atoms with Crippen molar-refractivity contribution in [3.63, 3.8) is 0 Å². The topological polar surface area (TPSA) is 161 Å². The van der Waals surface area contributed by atoms with E-state index < -0.39 is 41.3 Å². The highest BCUT2D eigenvalue weighted by Crippen LogP contribution is 2.31. The smallest absolute Gasteiger partial charge is 0.480 e. The lowest BCUT2D eigenvalue weighted by Gasteiger charge is -2.29. The van der Waals surface area contributed by atoms with Crippen LogP contribution in [0.25, 0.3) is 0 Å². The van der Waals surface area contributed by atoms with Crippen molar-refractivity contribution in [3.8, 4) is 11.5 Å². The summed E-state index contributed by atoms with van der Waals surface area (Å²) in [6, 6.07) is 4.13. The first-order chi connectivity index (χ1) is 16.7. The molecular formula is C25H37NO10. The predicted molar refractivity (Wildman–Crippen MR) is 129 cm³/mol. The van der Waals surface area contributed by atoms with Crippen molar-refractivity contribution in [3.05, 3.63) is 23.8 Å². The van der Waals surface area contributed by atoms with Gasteiger partial charge in [0.05, 0.1) is 18.6 Å². The third-order valence-corrected chi connectivity index (χ3v) is 4.76. The van der Waals surface area contributed by atoms with Crippen LogP contribution in [0.15, 0.2) is 18.2 Å². The Labute approximate surface area is 211 Å². The van der Waals surface area contributed by atoms with Gasteiger partial charge in [0.25, 0.3) is 0 Å². The molecule has 0 aliphatic carbocycles. The van der Waals surface area contributed by atoms with E-state index in [1.165, 1.54) is 18.2 Å². The SMILES string of the molecule is CCCOC(=O)Oc1ccc(CC(N)(C[C@H](C)OC(=O)C(C)(C)C)C(=O)O)cc1OC(=O)OCCC. The van der Waals surface area contributed by atoms with Gasteiger partial charge < -0.3 is 34.5 Å². The zero-order valence-electron chi connectivity index (χ0n) is 21.8. The molecule has 11 nitrogen and oxygen atoms in total. The van der Waals surface area contributed by atoms with Gasteiger partial charge in [-0.05, 0) is 58.2 Å². The van der Waals surface area contributed by atoms with Crippen molar-refractivity contribution in [1.82, 2.24) is 0 Å². The van der Waals surface area contributed by atoms with Gasteiger partial charge in [-0.15, -0.1) is 0 Å². The summed E-state index contributed by atoms with van der Waals surface area (Å²) in [4.78, 5) is 48.2. The van der Waals surface area contributed by atoms with Crippen LogP contribution in [0.3, 0.4) is 0 Å². The van der Waals surface area contributed by atoms with E-state index in [4.69, 9.17) is 29.4 Å². The second-order valence-electron chi connectivity index (χ2n) is 9.49. The van der Waals surface area contributed by atoms with E-state index in [0.29, 0.717) is 18.4 Å². The molecule has 202 valence electrons. The summed E-state index contributed by atoms with van der Waals surface area (Å²) in [6.07, 6.45) is -2.05. The molecule has 0 aromatic heterocycles. The number of hydrogen-bond acceptors (Lipinski definition) is 10. The second-order valence-corrected chi connectivity index (χ2v) is 9.49. The summed E-state index contributed by atoms with van der Waals surface area (Å²) in [6.45, 7) is 10.5. The van der Waals surface area contributed by atoms with Crippen molar-refractivity contribution < 1.29 is 48.0 Å². The van der Waals surface area contributed by atoms with Crippen molar-refractivity contribution >= 4 is 24.2 Å². The van der Waals surface area contributed by atoms with Gasteiger partial charge in [0.2, 0.25) is 0 Å². The summed E-state index contributed by atoms with van der Waals surface area (Å²) in [5, 5.41) is 9.85. The van der Waals surface area contributed by atoms with Gasteiger partial charge in [-0.1, -0.05) is 19.9 Å². The summed E-state index contributed by atoms with van der Waals surface area (Å²) in [7, 11) is 0. The van der Waals surface area contributed by atoms with Crippen LogP contribution in [-0.2, 0) is 30.2 Å². The van der Waals surface area contributed by atoms with Crippen LogP contribution in [0, 0.1) is 5.41 Å². The lowest BCUT2D eigenvalue weighted by Crippen LogP contribution is -2.52. The maximum atomic E-state index is 12.2. The van der Waals surface area contributed by atoms with Gasteiger partial charge in [0, 0.05) is 12.8 Å². The average Bonchev–Trinajstić information content (AvgIpc) is 2.77. The van der Waals surface area contributed by atoms with Gasteiger partial charge in [0.15, 0.2) is 11.5 Å². The molecule has 0 bridgehead atoms. The van der Waals surface area contributed by atoms with E-state index >= 15 is 0 Å². The van der Waals surface area contributed by atoms with Crippen LogP contribution >= 0.6 is 0 Å². The Morgan fingerprint density at radius 1 is 0.944 bits per heavy atom. The Bertz CT molecular complexity index is 924. The highest BCUT2D eigenvalue weighted by molar-refractivity contribution is 5.79. The molecule has 0 saturated carbocycles. The van der Waals surface area contributed by atoms with Gasteiger partial charge in [-0.2, -0.15) is 0 Å². The minimum Gasteiger partial charge on any atom is -0.480 e. The zero-order chi connectivity index (χ0) is 27.5. The van der Waals surface area contributed by atoms with Crippen molar-refractivity contribution in [2.45, 2.75) is 78.9 Å². The fourth-order valence-electron chi connectivity index (χ4n) is 2.95. The Morgan fingerprint density at radius 3 is 1.94 bits per heavy atom. The number of carbonyl (C=O) groups is 4. The monoisotopic (exact) mass is 511 g/mol. The minimum atomic E-state index is -1.82. The average molecular weight is 512 g/mol. The van der Waals surface area contributed by atoms with E-state index in [-0.39, 0.29) is 37.6 Å². The van der Waals surface area contributed by atoms with Crippen LogP contribution in [0.2, 0.25) is 0 Å². The number of carbonyl (C=O) groups excluding carboxylic acids is 3. The third kappa shape index (κ3) is 10.1. The highest BCUT2D eigenvalue weighted by Gasteiger charge is 2.38. The van der Waals surface area contributed by atoms with Gasteiger partial charge in [-0.25, -0.2) is 9.59 Å². The lowest BCUT2D eigenvalue weighted by molar-refractivity contribution is -0.160. The van der Waals surface area contributed by atoms with Crippen LogP contribution in [0.4, 0.5) is 9.59 Å². The number of hydrogen-bond donors (Lipinski definition) is 2. The lowest BCUT2D eigenvalue weighted by atomic mass is 9.86. The molecule has 0 aliphatic rings. The molecule has 11 heteroatoms. The normalized spacial score (nSPS) is 13.6. The Morgan fingerprint density at radius 2 is 1.47 bits per heavy atom. The molecular weight excluding hydrogens is 474 g/mol. The molecule has 3 N–H and O–H groups in total. The maximum absolute atomic E-state index is 12.2. The number of esters is 1. The maximum Gasteiger partial charge on any atom is 0.513 e. The third-order valence-electron chi connectivity index (χ3n) is 4.76. The molecule has 0 aliphatic heterocycles. The first-order valence-electron chi connectivity index (χ1n) is 11.8. The molecule has 0 heterocycles. The fourth-order valence-corrected chi connectivity index (χ4v) is 2.95. The van der Waals surface area contributed by atoms with Gasteiger partial charge in [0.1, 0.15) is 11.6 Å².